The normalized spacial score (nSPS) is 11.6. The summed E-state index contributed by atoms with van der Waals surface area (Å²) >= 11 is 1.86. The van der Waals surface area contributed by atoms with Gasteiger partial charge in [0.2, 0.25) is 0 Å². The molecule has 0 unspecified atom stereocenters. The van der Waals surface area contributed by atoms with Gasteiger partial charge in [-0.2, -0.15) is 0 Å². The van der Waals surface area contributed by atoms with E-state index in [9.17, 15) is 0 Å². The van der Waals surface area contributed by atoms with Gasteiger partial charge in [-0.05, 0) is 87.6 Å². The highest BCUT2D eigenvalue weighted by molar-refractivity contribution is 7.25. The third-order valence-corrected chi connectivity index (χ3v) is 12.0. The summed E-state index contributed by atoms with van der Waals surface area (Å²) in [4.78, 5) is 2.41. The van der Waals surface area contributed by atoms with Crippen LogP contribution in [0.3, 0.4) is 0 Å². The highest BCUT2D eigenvalue weighted by Crippen LogP contribution is 2.45. The molecular formula is C52H33NOS. The standard InChI is InChI=1S/C52H33NOS/c1-2-13-36-32-38(27-26-34(36)12-1)41-16-3-6-22-47(41)53(39-30-28-35(29-31-39)43-20-10-21-45-44-17-4-7-23-48(44)54-52(43)45)40-15-9-14-37(33-40)42-19-11-25-50-51(42)46-18-5-8-24-49(46)55-50/h1-33H. The van der Waals surface area contributed by atoms with Gasteiger partial charge < -0.3 is 9.32 Å². The van der Waals surface area contributed by atoms with Gasteiger partial charge in [0.25, 0.3) is 0 Å². The van der Waals surface area contributed by atoms with Crippen molar-refractivity contribution in [3.05, 3.63) is 200 Å². The molecule has 258 valence electrons. The molecule has 0 aliphatic rings. The summed E-state index contributed by atoms with van der Waals surface area (Å²) in [5.41, 5.74) is 12.1. The zero-order valence-corrected chi connectivity index (χ0v) is 30.6. The second kappa shape index (κ2) is 12.9. The molecule has 0 saturated heterocycles. The number of para-hydroxylation sites is 3. The number of thiophene rings is 1. The topological polar surface area (TPSA) is 16.4 Å². The minimum atomic E-state index is 0.907. The van der Waals surface area contributed by atoms with Gasteiger partial charge in [-0.15, -0.1) is 11.3 Å². The van der Waals surface area contributed by atoms with E-state index < -0.39 is 0 Å². The summed E-state index contributed by atoms with van der Waals surface area (Å²) in [6.07, 6.45) is 0. The number of furan rings is 1. The van der Waals surface area contributed by atoms with Crippen molar-refractivity contribution >= 4 is 81.3 Å². The lowest BCUT2D eigenvalue weighted by Crippen LogP contribution is -2.11. The first-order chi connectivity index (χ1) is 27.3. The van der Waals surface area contributed by atoms with Crippen LogP contribution in [0, 0.1) is 0 Å². The molecule has 0 spiro atoms. The van der Waals surface area contributed by atoms with E-state index in [2.05, 4.69) is 193 Å². The third-order valence-electron chi connectivity index (χ3n) is 10.9. The van der Waals surface area contributed by atoms with Crippen LogP contribution in [-0.4, -0.2) is 0 Å². The predicted molar refractivity (Wildman–Crippen MR) is 235 cm³/mol. The van der Waals surface area contributed by atoms with Crippen LogP contribution >= 0.6 is 11.3 Å². The predicted octanol–water partition coefficient (Wildman–Crippen LogP) is 15.6. The second-order valence-electron chi connectivity index (χ2n) is 14.1. The average molecular weight is 720 g/mol. The number of anilines is 3. The second-order valence-corrected chi connectivity index (χ2v) is 15.2. The Labute approximate surface area is 322 Å². The molecule has 11 aromatic rings. The molecule has 0 bridgehead atoms. The Kier molecular flexibility index (Phi) is 7.39. The van der Waals surface area contributed by atoms with E-state index in [1.807, 2.05) is 23.5 Å². The smallest absolute Gasteiger partial charge is 0.143 e. The van der Waals surface area contributed by atoms with E-state index >= 15 is 0 Å². The lowest BCUT2D eigenvalue weighted by atomic mass is 9.97. The Bertz CT molecular complexity index is 3220. The molecule has 3 heteroatoms. The van der Waals surface area contributed by atoms with Crippen LogP contribution in [0.25, 0.3) is 86.3 Å². The van der Waals surface area contributed by atoms with Gasteiger partial charge >= 0.3 is 0 Å². The van der Waals surface area contributed by atoms with Crippen LogP contribution in [0.1, 0.15) is 0 Å². The summed E-state index contributed by atoms with van der Waals surface area (Å²) in [5.74, 6) is 0. The van der Waals surface area contributed by atoms with Gasteiger partial charge in [-0.25, -0.2) is 0 Å². The van der Waals surface area contributed by atoms with Gasteiger partial charge in [-0.1, -0.05) is 146 Å². The molecule has 55 heavy (non-hydrogen) atoms. The summed E-state index contributed by atoms with van der Waals surface area (Å²) in [6, 6.07) is 72.3. The number of nitrogens with zero attached hydrogens (tertiary/aromatic N) is 1. The molecule has 0 radical (unpaired) electrons. The Hall–Kier alpha value is -6.94. The fourth-order valence-electron chi connectivity index (χ4n) is 8.29. The van der Waals surface area contributed by atoms with Crippen molar-refractivity contribution < 1.29 is 4.42 Å². The van der Waals surface area contributed by atoms with Gasteiger partial charge in [0.1, 0.15) is 11.2 Å². The average Bonchev–Trinajstić information content (AvgIpc) is 3.83. The maximum Gasteiger partial charge on any atom is 0.143 e. The van der Waals surface area contributed by atoms with Crippen LogP contribution in [0.2, 0.25) is 0 Å². The van der Waals surface area contributed by atoms with E-state index in [0.717, 1.165) is 50.1 Å². The third kappa shape index (κ3) is 5.32. The summed E-state index contributed by atoms with van der Waals surface area (Å²) in [7, 11) is 0. The zero-order chi connectivity index (χ0) is 36.3. The SMILES string of the molecule is c1cc(-c2cccc3sc4ccccc4c23)cc(N(c2ccc(-c3cccc4c3oc3ccccc34)cc2)c2ccccc2-c2ccc3ccccc3c2)c1. The van der Waals surface area contributed by atoms with Crippen molar-refractivity contribution in [3.63, 3.8) is 0 Å². The molecule has 9 aromatic carbocycles. The summed E-state index contributed by atoms with van der Waals surface area (Å²) in [5, 5.41) is 7.35. The Morgan fingerprint density at radius 3 is 1.96 bits per heavy atom. The molecule has 0 aliphatic heterocycles. The molecule has 0 atom stereocenters. The first kappa shape index (κ1) is 31.6. The van der Waals surface area contributed by atoms with Crippen LogP contribution in [0.15, 0.2) is 205 Å². The van der Waals surface area contributed by atoms with Crippen molar-refractivity contribution in [1.29, 1.82) is 0 Å². The Balaban J connectivity index is 1.09. The molecule has 2 nitrogen and oxygen atoms in total. The maximum absolute atomic E-state index is 6.45. The van der Waals surface area contributed by atoms with Crippen molar-refractivity contribution in [2.24, 2.45) is 0 Å². The molecule has 0 aliphatic carbocycles. The van der Waals surface area contributed by atoms with Crippen LogP contribution in [-0.2, 0) is 0 Å². The van der Waals surface area contributed by atoms with Crippen molar-refractivity contribution in [2.45, 2.75) is 0 Å². The Morgan fingerprint density at radius 1 is 0.382 bits per heavy atom. The molecule has 11 rings (SSSR count). The summed E-state index contributed by atoms with van der Waals surface area (Å²) in [6.45, 7) is 0. The van der Waals surface area contributed by atoms with Crippen LogP contribution in [0.4, 0.5) is 17.1 Å². The maximum atomic E-state index is 6.45. The number of benzene rings is 9. The minimum absolute atomic E-state index is 0.907. The monoisotopic (exact) mass is 719 g/mol. The van der Waals surface area contributed by atoms with Crippen molar-refractivity contribution in [3.8, 4) is 33.4 Å². The molecule has 0 fully saturated rings. The molecule has 2 aromatic heterocycles. The first-order valence-corrected chi connectivity index (χ1v) is 19.5. The fraction of sp³-hybridized carbons (Fsp3) is 0. The summed E-state index contributed by atoms with van der Waals surface area (Å²) < 4.78 is 9.06. The van der Waals surface area contributed by atoms with E-state index in [1.54, 1.807) is 0 Å². The zero-order valence-electron chi connectivity index (χ0n) is 29.8. The van der Waals surface area contributed by atoms with Crippen LogP contribution in [0.5, 0.6) is 0 Å². The van der Waals surface area contributed by atoms with Gasteiger partial charge in [-0.3, -0.25) is 0 Å². The molecule has 0 saturated carbocycles. The van der Waals surface area contributed by atoms with E-state index in [1.165, 1.54) is 53.2 Å². The van der Waals surface area contributed by atoms with Gasteiger partial charge in [0.05, 0.1) is 5.69 Å². The van der Waals surface area contributed by atoms with Gasteiger partial charge in [0, 0.05) is 53.4 Å². The quantitative estimate of drug-likeness (QED) is 0.170. The lowest BCUT2D eigenvalue weighted by molar-refractivity contribution is 0.670. The Morgan fingerprint density at radius 2 is 1.04 bits per heavy atom. The molecule has 0 N–H and O–H groups in total. The van der Waals surface area contributed by atoms with E-state index in [-0.39, 0.29) is 0 Å². The van der Waals surface area contributed by atoms with Crippen molar-refractivity contribution in [1.82, 2.24) is 0 Å². The molecular weight excluding hydrogens is 687 g/mol. The fourth-order valence-corrected chi connectivity index (χ4v) is 9.42. The van der Waals surface area contributed by atoms with Gasteiger partial charge in [0.15, 0.2) is 0 Å². The van der Waals surface area contributed by atoms with Crippen molar-refractivity contribution in [2.75, 3.05) is 4.90 Å². The molecule has 0 amide bonds. The largest absolute Gasteiger partial charge is 0.455 e. The van der Waals surface area contributed by atoms with E-state index in [0.29, 0.717) is 0 Å². The van der Waals surface area contributed by atoms with Crippen LogP contribution < -0.4 is 4.90 Å². The molecule has 2 heterocycles. The number of hydrogen-bond donors (Lipinski definition) is 0. The highest BCUT2D eigenvalue weighted by Gasteiger charge is 2.20. The minimum Gasteiger partial charge on any atom is -0.455 e. The first-order valence-electron chi connectivity index (χ1n) is 18.7. The lowest BCUT2D eigenvalue weighted by Gasteiger charge is -2.28. The highest BCUT2D eigenvalue weighted by atomic mass is 32.1. The number of hydrogen-bond acceptors (Lipinski definition) is 3. The number of fused-ring (bicyclic) bond motifs is 7. The van der Waals surface area contributed by atoms with E-state index in [4.69, 9.17) is 4.42 Å². The number of rotatable bonds is 6.